The Bertz CT molecular complexity index is 599. The Morgan fingerprint density at radius 1 is 1.50 bits per heavy atom. The van der Waals surface area contributed by atoms with Crippen molar-refractivity contribution in [3.8, 4) is 0 Å². The van der Waals surface area contributed by atoms with Gasteiger partial charge in [0.2, 0.25) is 5.82 Å². The molecule has 3 N–H and O–H groups in total. The number of H-pyrrole nitrogens is 2. The van der Waals surface area contributed by atoms with Crippen LogP contribution in [-0.2, 0) is 6.54 Å². The van der Waals surface area contributed by atoms with Crippen molar-refractivity contribution in [1.82, 2.24) is 20.2 Å². The van der Waals surface area contributed by atoms with Gasteiger partial charge in [0.05, 0.1) is 11.6 Å². The van der Waals surface area contributed by atoms with Crippen LogP contribution in [0.15, 0.2) is 15.8 Å². The average Bonchev–Trinajstić information content (AvgIpc) is 2.63. The van der Waals surface area contributed by atoms with Gasteiger partial charge in [0.15, 0.2) is 0 Å². The average molecular weight is 239 g/mol. The largest absolute Gasteiger partial charge is 0.359 e. The summed E-state index contributed by atoms with van der Waals surface area (Å²) in [5.41, 5.74) is -1.16. The predicted molar refractivity (Wildman–Crippen MR) is 59.7 cm³/mol. The molecule has 0 unspecified atom stereocenters. The zero-order valence-corrected chi connectivity index (χ0v) is 9.22. The second kappa shape index (κ2) is 4.27. The molecule has 2 rings (SSSR count). The number of hydrogen-bond donors (Lipinski definition) is 3. The fourth-order valence-corrected chi connectivity index (χ4v) is 1.86. The second-order valence-electron chi connectivity index (χ2n) is 3.05. The molecule has 0 aromatic carbocycles. The van der Waals surface area contributed by atoms with Gasteiger partial charge in [-0.25, -0.2) is 14.9 Å². The summed E-state index contributed by atoms with van der Waals surface area (Å²) in [6.45, 7) is 2.35. The molecule has 0 aliphatic carbocycles. The van der Waals surface area contributed by atoms with Crippen molar-refractivity contribution in [1.29, 1.82) is 0 Å². The van der Waals surface area contributed by atoms with Crippen LogP contribution >= 0.6 is 11.3 Å². The van der Waals surface area contributed by atoms with E-state index in [9.17, 15) is 9.59 Å². The molecular weight excluding hydrogens is 230 g/mol. The highest BCUT2D eigenvalue weighted by atomic mass is 32.1. The summed E-state index contributed by atoms with van der Waals surface area (Å²) >= 11 is 1.53. The zero-order valence-electron chi connectivity index (χ0n) is 8.40. The van der Waals surface area contributed by atoms with Crippen LogP contribution in [0.1, 0.15) is 9.88 Å². The van der Waals surface area contributed by atoms with E-state index < -0.39 is 11.2 Å². The highest BCUT2D eigenvalue weighted by molar-refractivity contribution is 7.11. The number of nitrogens with zero attached hydrogens (tertiary/aromatic N) is 2. The van der Waals surface area contributed by atoms with Crippen molar-refractivity contribution in [2.24, 2.45) is 0 Å². The topological polar surface area (TPSA) is 104 Å². The number of aromatic nitrogens is 4. The normalized spacial score (nSPS) is 10.3. The van der Waals surface area contributed by atoms with Crippen molar-refractivity contribution >= 4 is 17.2 Å². The Labute approximate surface area is 93.6 Å². The first-order valence-electron chi connectivity index (χ1n) is 4.49. The number of aromatic amines is 2. The van der Waals surface area contributed by atoms with Crippen LogP contribution in [0.5, 0.6) is 0 Å². The van der Waals surface area contributed by atoms with E-state index in [0.717, 1.165) is 9.88 Å². The third-order valence-electron chi connectivity index (χ3n) is 1.81. The van der Waals surface area contributed by atoms with Crippen LogP contribution in [-0.4, -0.2) is 20.2 Å². The van der Waals surface area contributed by atoms with Crippen LogP contribution in [0.3, 0.4) is 0 Å². The minimum atomic E-state index is -0.621. The summed E-state index contributed by atoms with van der Waals surface area (Å²) in [7, 11) is 0. The van der Waals surface area contributed by atoms with E-state index >= 15 is 0 Å². The number of aryl methyl sites for hydroxylation is 1. The summed E-state index contributed by atoms with van der Waals surface area (Å²) < 4.78 is 0. The smallest absolute Gasteiger partial charge is 0.342 e. The molecule has 2 heterocycles. The summed E-state index contributed by atoms with van der Waals surface area (Å²) in [5.74, 6) is 0.0886. The van der Waals surface area contributed by atoms with Crippen molar-refractivity contribution in [2.75, 3.05) is 5.32 Å². The highest BCUT2D eigenvalue weighted by Gasteiger charge is 2.03. The lowest BCUT2D eigenvalue weighted by Gasteiger charge is -2.00. The van der Waals surface area contributed by atoms with Crippen LogP contribution in [0.4, 0.5) is 5.82 Å². The Kier molecular flexibility index (Phi) is 2.82. The minimum Gasteiger partial charge on any atom is -0.359 e. The fraction of sp³-hybridized carbons (Fsp3) is 0.250. The molecule has 2 aromatic rings. The lowest BCUT2D eigenvalue weighted by Crippen LogP contribution is -2.26. The quantitative estimate of drug-likeness (QED) is 0.690. The molecule has 0 radical (unpaired) electrons. The van der Waals surface area contributed by atoms with E-state index in [1.165, 1.54) is 11.3 Å². The first-order valence-corrected chi connectivity index (χ1v) is 5.31. The van der Waals surface area contributed by atoms with Crippen LogP contribution in [0, 0.1) is 6.92 Å². The first-order chi connectivity index (χ1) is 7.65. The van der Waals surface area contributed by atoms with Crippen LogP contribution in [0.2, 0.25) is 0 Å². The zero-order chi connectivity index (χ0) is 11.5. The molecule has 84 valence electrons. The van der Waals surface area contributed by atoms with Crippen molar-refractivity contribution < 1.29 is 0 Å². The van der Waals surface area contributed by atoms with Crippen molar-refractivity contribution in [2.45, 2.75) is 13.5 Å². The van der Waals surface area contributed by atoms with E-state index in [4.69, 9.17) is 0 Å². The van der Waals surface area contributed by atoms with Gasteiger partial charge in [0.25, 0.3) is 5.56 Å². The second-order valence-corrected chi connectivity index (χ2v) is 4.37. The third-order valence-corrected chi connectivity index (χ3v) is 2.72. The number of nitrogens with one attached hydrogen (secondary N) is 3. The lowest BCUT2D eigenvalue weighted by molar-refractivity contribution is 0.884. The van der Waals surface area contributed by atoms with E-state index in [0.29, 0.717) is 6.54 Å². The monoisotopic (exact) mass is 239 g/mol. The SMILES string of the molecule is Cc1ncc(CNc2n[nH]c(=O)[nH]c2=O)s1. The molecule has 0 atom stereocenters. The maximum Gasteiger partial charge on any atom is 0.342 e. The lowest BCUT2D eigenvalue weighted by atomic mass is 10.5. The van der Waals surface area contributed by atoms with Gasteiger partial charge in [-0.1, -0.05) is 0 Å². The molecule has 0 fully saturated rings. The van der Waals surface area contributed by atoms with Crippen molar-refractivity contribution in [3.63, 3.8) is 0 Å². The Morgan fingerprint density at radius 3 is 2.94 bits per heavy atom. The predicted octanol–water partition coefficient (Wildman–Crippen LogP) is -0.165. The summed E-state index contributed by atoms with van der Waals surface area (Å²) in [6, 6.07) is 0. The fourth-order valence-electron chi connectivity index (χ4n) is 1.13. The molecule has 0 aliphatic heterocycles. The molecule has 16 heavy (non-hydrogen) atoms. The summed E-state index contributed by atoms with van der Waals surface area (Å²) in [5, 5.41) is 9.51. The maximum absolute atomic E-state index is 11.3. The van der Waals surface area contributed by atoms with Gasteiger partial charge in [-0.2, -0.15) is 0 Å². The van der Waals surface area contributed by atoms with Gasteiger partial charge in [-0.05, 0) is 6.92 Å². The van der Waals surface area contributed by atoms with E-state index in [2.05, 4.69) is 25.5 Å². The molecule has 7 nitrogen and oxygen atoms in total. The molecule has 0 bridgehead atoms. The van der Waals surface area contributed by atoms with Gasteiger partial charge in [0.1, 0.15) is 0 Å². The van der Waals surface area contributed by atoms with E-state index in [-0.39, 0.29) is 5.82 Å². The Morgan fingerprint density at radius 2 is 2.31 bits per heavy atom. The van der Waals surface area contributed by atoms with Gasteiger partial charge in [-0.3, -0.25) is 9.78 Å². The first kappa shape index (κ1) is 10.6. The number of anilines is 1. The standard InChI is InChI=1S/C8H9N5O2S/c1-4-9-2-5(16-4)3-10-6-7(14)11-8(15)13-12-6/h2H,3H2,1H3,(H,10,12)(H2,11,13,14,15). The molecular formula is C8H9N5O2S. The van der Waals surface area contributed by atoms with Crippen LogP contribution in [0.25, 0.3) is 0 Å². The molecule has 0 saturated carbocycles. The van der Waals surface area contributed by atoms with Gasteiger partial charge in [0, 0.05) is 11.1 Å². The molecule has 0 saturated heterocycles. The summed E-state index contributed by atoms with van der Waals surface area (Å²) in [4.78, 5) is 29.1. The Balaban J connectivity index is 2.10. The molecule has 0 amide bonds. The maximum atomic E-state index is 11.3. The molecule has 2 aromatic heterocycles. The third kappa shape index (κ3) is 2.34. The highest BCUT2D eigenvalue weighted by Crippen LogP contribution is 2.11. The van der Waals surface area contributed by atoms with Gasteiger partial charge < -0.3 is 5.32 Å². The van der Waals surface area contributed by atoms with E-state index in [1.807, 2.05) is 6.92 Å². The van der Waals surface area contributed by atoms with Crippen molar-refractivity contribution in [3.05, 3.63) is 36.9 Å². The molecule has 8 heteroatoms. The van der Waals surface area contributed by atoms with Gasteiger partial charge >= 0.3 is 5.69 Å². The van der Waals surface area contributed by atoms with Crippen LogP contribution < -0.4 is 16.6 Å². The number of thiazole rings is 1. The summed E-state index contributed by atoms with van der Waals surface area (Å²) in [6.07, 6.45) is 1.73. The number of hydrogen-bond acceptors (Lipinski definition) is 6. The van der Waals surface area contributed by atoms with E-state index in [1.54, 1.807) is 6.20 Å². The number of rotatable bonds is 3. The molecule has 0 aliphatic rings. The van der Waals surface area contributed by atoms with Gasteiger partial charge in [-0.15, -0.1) is 16.4 Å². The Hall–Kier alpha value is -1.96. The minimum absolute atomic E-state index is 0.0886. The molecule has 0 spiro atoms.